The van der Waals surface area contributed by atoms with Crippen LogP contribution < -0.4 is 4.90 Å². The highest BCUT2D eigenvalue weighted by molar-refractivity contribution is 6.52. The average Bonchev–Trinajstić information content (AvgIpc) is 2.55. The number of anilines is 1. The third-order valence-corrected chi connectivity index (χ3v) is 3.59. The van der Waals surface area contributed by atoms with Gasteiger partial charge in [0.15, 0.2) is 0 Å². The number of rotatable bonds is 3. The third-order valence-electron chi connectivity index (χ3n) is 3.59. The van der Waals surface area contributed by atoms with E-state index in [1.54, 1.807) is 11.0 Å². The van der Waals surface area contributed by atoms with Gasteiger partial charge in [-0.25, -0.2) is 0 Å². The van der Waals surface area contributed by atoms with Gasteiger partial charge < -0.3 is 4.90 Å². The van der Waals surface area contributed by atoms with Gasteiger partial charge in [0, 0.05) is 6.54 Å². The minimum Gasteiger partial charge on any atom is -0.304 e. The van der Waals surface area contributed by atoms with Crippen molar-refractivity contribution in [2.24, 2.45) is 5.92 Å². The van der Waals surface area contributed by atoms with E-state index in [4.69, 9.17) is 0 Å². The molecule has 0 radical (unpaired) electrons. The lowest BCUT2D eigenvalue weighted by molar-refractivity contribution is -0.114. The number of Topliss-reactive ketones (excluding diaryl/α,β-unsaturated/α-hetero) is 1. The highest BCUT2D eigenvalue weighted by Gasteiger charge is 2.36. The molecule has 0 unspecified atom stereocenters. The molecule has 2 rings (SSSR count). The van der Waals surface area contributed by atoms with Crippen molar-refractivity contribution in [1.82, 2.24) is 0 Å². The van der Waals surface area contributed by atoms with Crippen LogP contribution in [0.3, 0.4) is 0 Å². The second kappa shape index (κ2) is 4.56. The van der Waals surface area contributed by atoms with Crippen LogP contribution >= 0.6 is 0 Å². The first-order chi connectivity index (χ1) is 8.43. The maximum atomic E-state index is 12.0. The van der Waals surface area contributed by atoms with Gasteiger partial charge in [-0.2, -0.15) is 0 Å². The second-order valence-corrected chi connectivity index (χ2v) is 5.37. The summed E-state index contributed by atoms with van der Waals surface area (Å²) in [4.78, 5) is 25.6. The van der Waals surface area contributed by atoms with Gasteiger partial charge in [0.05, 0.1) is 11.3 Å². The predicted molar refractivity (Wildman–Crippen MR) is 72.1 cm³/mol. The van der Waals surface area contributed by atoms with Crippen molar-refractivity contribution < 1.29 is 9.59 Å². The van der Waals surface area contributed by atoms with Crippen LogP contribution in [0.1, 0.15) is 41.8 Å². The molecule has 1 amide bonds. The fourth-order valence-electron chi connectivity index (χ4n) is 2.27. The van der Waals surface area contributed by atoms with Crippen LogP contribution in [0.5, 0.6) is 0 Å². The zero-order valence-corrected chi connectivity index (χ0v) is 11.4. The minimum absolute atomic E-state index is 0.364. The van der Waals surface area contributed by atoms with E-state index < -0.39 is 0 Å². The third kappa shape index (κ3) is 1.94. The number of carbonyl (C=O) groups is 2. The van der Waals surface area contributed by atoms with E-state index in [-0.39, 0.29) is 11.7 Å². The summed E-state index contributed by atoms with van der Waals surface area (Å²) in [5, 5.41) is 0. The van der Waals surface area contributed by atoms with Crippen molar-refractivity contribution in [2.75, 3.05) is 11.4 Å². The summed E-state index contributed by atoms with van der Waals surface area (Å²) in [5.41, 5.74) is 3.54. The SMILES string of the molecule is Cc1ccc2c(c1C)N(CCC(C)C)C(=O)C2=O. The molecule has 1 aromatic carbocycles. The second-order valence-electron chi connectivity index (χ2n) is 5.37. The summed E-state index contributed by atoms with van der Waals surface area (Å²) in [6.45, 7) is 8.84. The lowest BCUT2D eigenvalue weighted by Crippen LogP contribution is -2.31. The largest absolute Gasteiger partial charge is 0.304 e. The molecular formula is C15H19NO2. The molecule has 0 aromatic heterocycles. The lowest BCUT2D eigenvalue weighted by atomic mass is 10.0. The summed E-state index contributed by atoms with van der Waals surface area (Å²) in [5.74, 6) is -0.224. The molecule has 0 spiro atoms. The zero-order chi connectivity index (χ0) is 13.4. The van der Waals surface area contributed by atoms with E-state index >= 15 is 0 Å². The first kappa shape index (κ1) is 12.8. The molecule has 0 saturated heterocycles. The number of hydrogen-bond donors (Lipinski definition) is 0. The highest BCUT2D eigenvalue weighted by atomic mass is 16.2. The summed E-state index contributed by atoms with van der Waals surface area (Å²) in [6.07, 6.45) is 0.909. The molecule has 1 heterocycles. The number of amides is 1. The summed E-state index contributed by atoms with van der Waals surface area (Å²) in [6, 6.07) is 3.68. The smallest absolute Gasteiger partial charge is 0.299 e. The highest BCUT2D eigenvalue weighted by Crippen LogP contribution is 2.34. The van der Waals surface area contributed by atoms with E-state index in [0.29, 0.717) is 18.0 Å². The molecule has 0 N–H and O–H groups in total. The van der Waals surface area contributed by atoms with Gasteiger partial charge in [-0.1, -0.05) is 19.9 Å². The molecule has 3 nitrogen and oxygen atoms in total. The predicted octanol–water partition coefficient (Wildman–Crippen LogP) is 2.88. The topological polar surface area (TPSA) is 37.4 Å². The standard InChI is InChI=1S/C15H19NO2/c1-9(2)7-8-16-13-11(4)10(3)5-6-12(13)14(17)15(16)18/h5-6,9H,7-8H2,1-4H3. The van der Waals surface area contributed by atoms with Crippen LogP contribution in [0.4, 0.5) is 5.69 Å². The summed E-state index contributed by atoms with van der Waals surface area (Å²) < 4.78 is 0. The van der Waals surface area contributed by atoms with Crippen molar-refractivity contribution >= 4 is 17.4 Å². The fourth-order valence-corrected chi connectivity index (χ4v) is 2.27. The lowest BCUT2D eigenvalue weighted by Gasteiger charge is -2.20. The Labute approximate surface area is 108 Å². The molecule has 18 heavy (non-hydrogen) atoms. The van der Waals surface area contributed by atoms with Gasteiger partial charge in [-0.3, -0.25) is 9.59 Å². The summed E-state index contributed by atoms with van der Waals surface area (Å²) >= 11 is 0. The van der Waals surface area contributed by atoms with Crippen LogP contribution in [0.2, 0.25) is 0 Å². The molecule has 0 aliphatic carbocycles. The van der Waals surface area contributed by atoms with E-state index in [2.05, 4.69) is 13.8 Å². The first-order valence-corrected chi connectivity index (χ1v) is 6.40. The Hall–Kier alpha value is -1.64. The van der Waals surface area contributed by atoms with Crippen LogP contribution in [0, 0.1) is 19.8 Å². The molecule has 0 fully saturated rings. The minimum atomic E-state index is -0.376. The van der Waals surface area contributed by atoms with E-state index in [1.165, 1.54) is 0 Å². The molecule has 96 valence electrons. The van der Waals surface area contributed by atoms with Crippen LogP contribution in [0.25, 0.3) is 0 Å². The van der Waals surface area contributed by atoms with Crippen LogP contribution in [-0.2, 0) is 4.79 Å². The maximum absolute atomic E-state index is 12.0. The van der Waals surface area contributed by atoms with Gasteiger partial charge in [0.25, 0.3) is 11.7 Å². The Morgan fingerprint density at radius 3 is 2.44 bits per heavy atom. The van der Waals surface area contributed by atoms with Gasteiger partial charge in [0.2, 0.25) is 0 Å². The Morgan fingerprint density at radius 2 is 1.83 bits per heavy atom. The van der Waals surface area contributed by atoms with Crippen molar-refractivity contribution in [2.45, 2.75) is 34.1 Å². The molecule has 1 aromatic rings. The molecule has 1 aliphatic rings. The van der Waals surface area contributed by atoms with Gasteiger partial charge in [-0.15, -0.1) is 0 Å². The summed E-state index contributed by atoms with van der Waals surface area (Å²) in [7, 11) is 0. The Balaban J connectivity index is 2.43. The number of fused-ring (bicyclic) bond motifs is 1. The molecule has 1 aliphatic heterocycles. The fraction of sp³-hybridized carbons (Fsp3) is 0.467. The van der Waals surface area contributed by atoms with Crippen LogP contribution in [-0.4, -0.2) is 18.2 Å². The number of nitrogens with zero attached hydrogens (tertiary/aromatic N) is 1. The molecular weight excluding hydrogens is 226 g/mol. The Bertz CT molecular complexity index is 517. The number of benzene rings is 1. The average molecular weight is 245 g/mol. The van der Waals surface area contributed by atoms with Crippen molar-refractivity contribution in [3.8, 4) is 0 Å². The number of ketones is 1. The van der Waals surface area contributed by atoms with Gasteiger partial charge in [0.1, 0.15) is 0 Å². The van der Waals surface area contributed by atoms with Crippen LogP contribution in [0.15, 0.2) is 12.1 Å². The first-order valence-electron chi connectivity index (χ1n) is 6.40. The van der Waals surface area contributed by atoms with Crippen molar-refractivity contribution in [3.05, 3.63) is 28.8 Å². The molecule has 0 atom stereocenters. The van der Waals surface area contributed by atoms with E-state index in [9.17, 15) is 9.59 Å². The number of carbonyl (C=O) groups excluding carboxylic acids is 2. The van der Waals surface area contributed by atoms with Crippen molar-refractivity contribution in [1.29, 1.82) is 0 Å². The molecule has 0 bridgehead atoms. The quantitative estimate of drug-likeness (QED) is 0.768. The monoisotopic (exact) mass is 245 g/mol. The van der Waals surface area contributed by atoms with Gasteiger partial charge >= 0.3 is 0 Å². The zero-order valence-electron chi connectivity index (χ0n) is 11.4. The molecule has 0 saturated carbocycles. The normalized spacial score (nSPS) is 14.6. The number of aryl methyl sites for hydroxylation is 1. The van der Waals surface area contributed by atoms with Gasteiger partial charge in [-0.05, 0) is 43.4 Å². The molecule has 3 heteroatoms. The van der Waals surface area contributed by atoms with E-state index in [1.807, 2.05) is 19.9 Å². The number of hydrogen-bond acceptors (Lipinski definition) is 2. The Morgan fingerprint density at radius 1 is 1.17 bits per heavy atom. The van der Waals surface area contributed by atoms with Crippen molar-refractivity contribution in [3.63, 3.8) is 0 Å². The maximum Gasteiger partial charge on any atom is 0.299 e. The Kier molecular flexibility index (Phi) is 3.24. The van der Waals surface area contributed by atoms with E-state index in [0.717, 1.165) is 23.2 Å².